The Kier molecular flexibility index (Phi) is 5.40. The lowest BCUT2D eigenvalue weighted by molar-refractivity contribution is -0.125. The molecule has 1 amide bonds. The van der Waals surface area contributed by atoms with E-state index in [2.05, 4.69) is 10.2 Å². The minimum atomic E-state index is -0.675. The summed E-state index contributed by atoms with van der Waals surface area (Å²) in [6, 6.07) is 14.6. The molecule has 1 N–H and O–H groups in total. The number of carbonyl (C=O) groups is 1. The number of likely N-dealkylation sites (N-methyl/N-ethyl adjacent to an activating group) is 1. The van der Waals surface area contributed by atoms with Crippen LogP contribution in [-0.4, -0.2) is 50.8 Å². The normalized spacial score (nSPS) is 15.7. The maximum atomic E-state index is 12.4. The number of benzene rings is 2. The number of amides is 1. The molecule has 0 radical (unpaired) electrons. The van der Waals surface area contributed by atoms with E-state index in [4.69, 9.17) is 14.2 Å². The van der Waals surface area contributed by atoms with Crippen molar-refractivity contribution in [1.29, 1.82) is 0 Å². The predicted molar refractivity (Wildman–Crippen MR) is 95.5 cm³/mol. The van der Waals surface area contributed by atoms with Crippen LogP contribution in [-0.2, 0) is 4.79 Å². The summed E-state index contributed by atoms with van der Waals surface area (Å²) in [5, 5.41) is 2.84. The summed E-state index contributed by atoms with van der Waals surface area (Å²) in [7, 11) is 3.99. The van der Waals surface area contributed by atoms with Crippen molar-refractivity contribution in [1.82, 2.24) is 4.90 Å². The number of carbonyl (C=O) groups excluding carboxylic acids is 1. The van der Waals surface area contributed by atoms with Gasteiger partial charge in [0.2, 0.25) is 6.10 Å². The molecule has 3 rings (SSSR count). The van der Waals surface area contributed by atoms with Crippen molar-refractivity contribution in [3.8, 4) is 17.2 Å². The number of nitrogens with one attached hydrogen (secondary N) is 1. The number of anilines is 1. The van der Waals surface area contributed by atoms with E-state index >= 15 is 0 Å². The van der Waals surface area contributed by atoms with Crippen LogP contribution < -0.4 is 19.5 Å². The fraction of sp³-hybridized carbons (Fsp3) is 0.316. The van der Waals surface area contributed by atoms with Gasteiger partial charge in [-0.1, -0.05) is 12.1 Å². The summed E-state index contributed by atoms with van der Waals surface area (Å²) in [6.07, 6.45) is -0.675. The Morgan fingerprint density at radius 2 is 1.88 bits per heavy atom. The molecule has 1 unspecified atom stereocenters. The van der Waals surface area contributed by atoms with Crippen LogP contribution in [0.25, 0.3) is 0 Å². The van der Waals surface area contributed by atoms with Crippen molar-refractivity contribution in [3.05, 3.63) is 48.5 Å². The van der Waals surface area contributed by atoms with Crippen LogP contribution in [0.3, 0.4) is 0 Å². The lowest BCUT2D eigenvalue weighted by atomic mass is 10.2. The summed E-state index contributed by atoms with van der Waals surface area (Å²) in [6.45, 7) is 1.65. The van der Waals surface area contributed by atoms with Crippen LogP contribution in [0.15, 0.2) is 48.5 Å². The van der Waals surface area contributed by atoms with Gasteiger partial charge in [-0.15, -0.1) is 0 Å². The quantitative estimate of drug-likeness (QED) is 0.874. The largest absolute Gasteiger partial charge is 0.492 e. The second kappa shape index (κ2) is 7.90. The van der Waals surface area contributed by atoms with E-state index in [9.17, 15) is 4.79 Å². The van der Waals surface area contributed by atoms with Crippen molar-refractivity contribution < 1.29 is 19.0 Å². The zero-order chi connectivity index (χ0) is 17.6. The van der Waals surface area contributed by atoms with Gasteiger partial charge in [0.1, 0.15) is 19.0 Å². The van der Waals surface area contributed by atoms with Gasteiger partial charge < -0.3 is 24.4 Å². The fourth-order valence-corrected chi connectivity index (χ4v) is 2.35. The number of para-hydroxylation sites is 2. The number of fused-ring (bicyclic) bond motifs is 1. The molecule has 0 saturated heterocycles. The van der Waals surface area contributed by atoms with E-state index < -0.39 is 6.10 Å². The van der Waals surface area contributed by atoms with E-state index in [1.807, 2.05) is 44.4 Å². The molecule has 1 atom stereocenters. The van der Waals surface area contributed by atoms with E-state index in [0.717, 1.165) is 12.3 Å². The van der Waals surface area contributed by atoms with Gasteiger partial charge in [-0.05, 0) is 50.5 Å². The minimum Gasteiger partial charge on any atom is -0.492 e. The van der Waals surface area contributed by atoms with E-state index in [0.29, 0.717) is 23.8 Å². The third kappa shape index (κ3) is 4.64. The standard InChI is InChI=1S/C19H22N2O4/c1-21(2)11-12-23-15-9-7-14(8-10-15)20-19(22)18-13-24-16-5-3-4-6-17(16)25-18/h3-10,18H,11-13H2,1-2H3,(H,20,22). The first-order chi connectivity index (χ1) is 12.1. The lowest BCUT2D eigenvalue weighted by Crippen LogP contribution is -2.40. The molecule has 1 aliphatic rings. The zero-order valence-electron chi connectivity index (χ0n) is 14.4. The number of nitrogens with zero attached hydrogens (tertiary/aromatic N) is 1. The molecule has 6 heteroatoms. The molecule has 2 aromatic carbocycles. The summed E-state index contributed by atoms with van der Waals surface area (Å²) in [4.78, 5) is 14.4. The van der Waals surface area contributed by atoms with Crippen LogP contribution in [0.2, 0.25) is 0 Å². The van der Waals surface area contributed by atoms with Crippen molar-refractivity contribution in [2.45, 2.75) is 6.10 Å². The lowest BCUT2D eigenvalue weighted by Gasteiger charge is -2.25. The highest BCUT2D eigenvalue weighted by Gasteiger charge is 2.27. The number of ether oxygens (including phenoxy) is 3. The van der Waals surface area contributed by atoms with E-state index in [1.54, 1.807) is 18.2 Å². The molecular formula is C19H22N2O4. The van der Waals surface area contributed by atoms with Crippen LogP contribution in [0.1, 0.15) is 0 Å². The summed E-state index contributed by atoms with van der Waals surface area (Å²) >= 11 is 0. The molecule has 0 saturated carbocycles. The van der Waals surface area contributed by atoms with Gasteiger partial charge in [-0.25, -0.2) is 0 Å². The maximum Gasteiger partial charge on any atom is 0.269 e. The van der Waals surface area contributed by atoms with Crippen molar-refractivity contribution in [2.24, 2.45) is 0 Å². The SMILES string of the molecule is CN(C)CCOc1ccc(NC(=O)C2COc3ccccc3O2)cc1. The molecule has 6 nitrogen and oxygen atoms in total. The van der Waals surface area contributed by atoms with Gasteiger partial charge >= 0.3 is 0 Å². The van der Waals surface area contributed by atoms with Crippen molar-refractivity contribution in [2.75, 3.05) is 39.2 Å². The van der Waals surface area contributed by atoms with Gasteiger partial charge in [0.05, 0.1) is 0 Å². The first-order valence-corrected chi connectivity index (χ1v) is 8.19. The topological polar surface area (TPSA) is 60.0 Å². The molecule has 0 spiro atoms. The van der Waals surface area contributed by atoms with Crippen LogP contribution in [0, 0.1) is 0 Å². The second-order valence-electron chi connectivity index (χ2n) is 6.03. The van der Waals surface area contributed by atoms with Gasteiger partial charge in [-0.3, -0.25) is 4.79 Å². The molecule has 25 heavy (non-hydrogen) atoms. The Bertz CT molecular complexity index is 716. The molecule has 132 valence electrons. The molecule has 0 bridgehead atoms. The number of hydrogen-bond donors (Lipinski definition) is 1. The van der Waals surface area contributed by atoms with Gasteiger partial charge in [0.15, 0.2) is 11.5 Å². The first kappa shape index (κ1) is 17.1. The average molecular weight is 342 g/mol. The van der Waals surface area contributed by atoms with Crippen molar-refractivity contribution in [3.63, 3.8) is 0 Å². The smallest absolute Gasteiger partial charge is 0.269 e. The third-order valence-electron chi connectivity index (χ3n) is 3.73. The van der Waals surface area contributed by atoms with Gasteiger partial charge in [-0.2, -0.15) is 0 Å². The molecule has 0 aromatic heterocycles. The van der Waals surface area contributed by atoms with Crippen LogP contribution in [0.5, 0.6) is 17.2 Å². The number of rotatable bonds is 6. The average Bonchev–Trinajstić information content (AvgIpc) is 2.62. The highest BCUT2D eigenvalue weighted by Crippen LogP contribution is 2.31. The molecule has 1 heterocycles. The highest BCUT2D eigenvalue weighted by molar-refractivity contribution is 5.94. The van der Waals surface area contributed by atoms with E-state index in [1.165, 1.54) is 0 Å². The van der Waals surface area contributed by atoms with Crippen molar-refractivity contribution >= 4 is 11.6 Å². The highest BCUT2D eigenvalue weighted by atomic mass is 16.6. The summed E-state index contributed by atoms with van der Waals surface area (Å²) < 4.78 is 16.9. The zero-order valence-corrected chi connectivity index (χ0v) is 14.4. The Balaban J connectivity index is 1.53. The van der Waals surface area contributed by atoms with Crippen LogP contribution in [0.4, 0.5) is 5.69 Å². The Morgan fingerprint density at radius 1 is 1.16 bits per heavy atom. The Labute approximate surface area is 147 Å². The Hall–Kier alpha value is -2.73. The van der Waals surface area contributed by atoms with Crippen LogP contribution >= 0.6 is 0 Å². The predicted octanol–water partition coefficient (Wildman–Crippen LogP) is 2.41. The molecular weight excluding hydrogens is 320 g/mol. The van der Waals surface area contributed by atoms with Gasteiger partial charge in [0.25, 0.3) is 5.91 Å². The monoisotopic (exact) mass is 342 g/mol. The minimum absolute atomic E-state index is 0.189. The van der Waals surface area contributed by atoms with Gasteiger partial charge in [0, 0.05) is 12.2 Å². The summed E-state index contributed by atoms with van der Waals surface area (Å²) in [5.41, 5.74) is 0.687. The molecule has 0 aliphatic carbocycles. The first-order valence-electron chi connectivity index (χ1n) is 8.19. The van der Waals surface area contributed by atoms with E-state index in [-0.39, 0.29) is 12.5 Å². The molecule has 2 aromatic rings. The molecule has 0 fully saturated rings. The summed E-state index contributed by atoms with van der Waals surface area (Å²) in [5.74, 6) is 1.77. The number of hydrogen-bond acceptors (Lipinski definition) is 5. The second-order valence-corrected chi connectivity index (χ2v) is 6.03. The maximum absolute atomic E-state index is 12.4. The third-order valence-corrected chi connectivity index (χ3v) is 3.73. The Morgan fingerprint density at radius 3 is 2.60 bits per heavy atom. The fourth-order valence-electron chi connectivity index (χ4n) is 2.35. The molecule has 1 aliphatic heterocycles.